The lowest BCUT2D eigenvalue weighted by Gasteiger charge is -2.32. The Balaban J connectivity index is 1.54. The van der Waals surface area contributed by atoms with Crippen molar-refractivity contribution in [3.63, 3.8) is 0 Å². The van der Waals surface area contributed by atoms with Gasteiger partial charge in [0.05, 0.1) is 19.9 Å². The molecular formula is C22H25BrN2O5. The van der Waals surface area contributed by atoms with Crippen LogP contribution in [0.2, 0.25) is 0 Å². The highest BCUT2D eigenvalue weighted by atomic mass is 79.9. The fourth-order valence-corrected chi connectivity index (χ4v) is 3.84. The van der Waals surface area contributed by atoms with Crippen molar-refractivity contribution < 1.29 is 23.8 Å². The lowest BCUT2D eigenvalue weighted by Crippen LogP contribution is -2.45. The van der Waals surface area contributed by atoms with Gasteiger partial charge in [-0.25, -0.2) is 0 Å². The first kappa shape index (κ1) is 22.0. The molecule has 7 nitrogen and oxygen atoms in total. The van der Waals surface area contributed by atoms with E-state index in [1.165, 1.54) is 0 Å². The van der Waals surface area contributed by atoms with Crippen LogP contribution in [0.1, 0.15) is 18.9 Å². The lowest BCUT2D eigenvalue weighted by atomic mass is 10.1. The van der Waals surface area contributed by atoms with E-state index in [-0.39, 0.29) is 18.2 Å². The Labute approximate surface area is 184 Å². The van der Waals surface area contributed by atoms with E-state index in [4.69, 9.17) is 14.2 Å². The maximum atomic E-state index is 12.5. The Hall–Kier alpha value is -2.74. The van der Waals surface area contributed by atoms with E-state index in [2.05, 4.69) is 21.2 Å². The molecule has 0 aliphatic carbocycles. The fourth-order valence-electron chi connectivity index (χ4n) is 3.32. The summed E-state index contributed by atoms with van der Waals surface area (Å²) in [5.74, 6) is 1.68. The Morgan fingerprint density at radius 3 is 2.63 bits per heavy atom. The van der Waals surface area contributed by atoms with E-state index < -0.39 is 6.10 Å². The van der Waals surface area contributed by atoms with Gasteiger partial charge in [0.2, 0.25) is 5.91 Å². The number of fused-ring (bicyclic) bond motifs is 1. The van der Waals surface area contributed by atoms with Crippen LogP contribution in [0, 0.1) is 0 Å². The summed E-state index contributed by atoms with van der Waals surface area (Å²) in [5.41, 5.74) is 1.70. The number of benzene rings is 2. The van der Waals surface area contributed by atoms with Gasteiger partial charge >= 0.3 is 0 Å². The van der Waals surface area contributed by atoms with Crippen molar-refractivity contribution in [1.82, 2.24) is 5.32 Å². The van der Waals surface area contributed by atoms with Gasteiger partial charge in [-0.1, -0.05) is 28.1 Å². The van der Waals surface area contributed by atoms with Crippen LogP contribution >= 0.6 is 15.9 Å². The summed E-state index contributed by atoms with van der Waals surface area (Å²) in [6.07, 6.45) is 0.272. The van der Waals surface area contributed by atoms with Crippen molar-refractivity contribution in [2.75, 3.05) is 32.2 Å². The normalized spacial score (nSPS) is 15.3. The van der Waals surface area contributed by atoms with E-state index in [1.807, 2.05) is 36.4 Å². The number of carbonyl (C=O) groups is 2. The van der Waals surface area contributed by atoms with Gasteiger partial charge < -0.3 is 24.4 Å². The third kappa shape index (κ3) is 4.87. The van der Waals surface area contributed by atoms with Crippen molar-refractivity contribution in [1.29, 1.82) is 0 Å². The van der Waals surface area contributed by atoms with Gasteiger partial charge in [-0.2, -0.15) is 0 Å². The molecule has 2 aromatic carbocycles. The maximum absolute atomic E-state index is 12.5. The number of ether oxygens (including phenoxy) is 3. The monoisotopic (exact) mass is 476 g/mol. The van der Waals surface area contributed by atoms with Crippen LogP contribution in [-0.4, -0.2) is 45.2 Å². The number of anilines is 1. The molecule has 8 heteroatoms. The second-order valence-corrected chi connectivity index (χ2v) is 7.72. The van der Waals surface area contributed by atoms with Gasteiger partial charge in [0.1, 0.15) is 5.75 Å². The number of carbonyl (C=O) groups excluding carboxylic acids is 2. The second-order valence-electron chi connectivity index (χ2n) is 6.87. The molecule has 0 aromatic heterocycles. The quantitative estimate of drug-likeness (QED) is 0.632. The highest BCUT2D eigenvalue weighted by Gasteiger charge is 2.31. The summed E-state index contributed by atoms with van der Waals surface area (Å²) in [4.78, 5) is 26.5. The third-order valence-electron chi connectivity index (χ3n) is 4.91. The van der Waals surface area contributed by atoms with Crippen molar-refractivity contribution in [3.8, 4) is 17.2 Å². The second kappa shape index (κ2) is 9.84. The van der Waals surface area contributed by atoms with Crippen molar-refractivity contribution in [3.05, 3.63) is 46.4 Å². The summed E-state index contributed by atoms with van der Waals surface area (Å²) >= 11 is 3.52. The zero-order chi connectivity index (χ0) is 21.7. The number of para-hydroxylation sites is 2. The molecule has 0 spiro atoms. The molecular weight excluding hydrogens is 452 g/mol. The standard InChI is InChI=1S/C22H25BrN2O5/c1-14-22(27)25(17-6-4-5-7-18(17)30-14)11-9-21(26)24-10-8-15-12-19(28-2)20(29-3)13-16(15)23/h4-7,12-14H,8-11H2,1-3H3,(H,24,26). The molecule has 2 amide bonds. The zero-order valence-corrected chi connectivity index (χ0v) is 18.8. The number of hydrogen-bond donors (Lipinski definition) is 1. The largest absolute Gasteiger partial charge is 0.493 e. The average Bonchev–Trinajstić information content (AvgIpc) is 2.74. The minimum atomic E-state index is -0.564. The van der Waals surface area contributed by atoms with Gasteiger partial charge in [0, 0.05) is 24.0 Å². The number of methoxy groups -OCH3 is 2. The van der Waals surface area contributed by atoms with E-state index >= 15 is 0 Å². The number of rotatable bonds is 8. The van der Waals surface area contributed by atoms with Crippen LogP contribution in [0.15, 0.2) is 40.9 Å². The van der Waals surface area contributed by atoms with E-state index in [1.54, 1.807) is 26.0 Å². The van der Waals surface area contributed by atoms with Crippen molar-refractivity contribution in [2.24, 2.45) is 0 Å². The number of amides is 2. The first-order chi connectivity index (χ1) is 14.4. The van der Waals surface area contributed by atoms with Crippen LogP contribution in [0.5, 0.6) is 17.2 Å². The predicted octanol–water partition coefficient (Wildman–Crippen LogP) is 3.33. The van der Waals surface area contributed by atoms with Crippen LogP contribution in [0.25, 0.3) is 0 Å². The van der Waals surface area contributed by atoms with Crippen LogP contribution < -0.4 is 24.4 Å². The van der Waals surface area contributed by atoms with Gasteiger partial charge in [-0.05, 0) is 43.2 Å². The van der Waals surface area contributed by atoms with Gasteiger partial charge in [-0.3, -0.25) is 9.59 Å². The highest BCUT2D eigenvalue weighted by molar-refractivity contribution is 9.10. The fraction of sp³-hybridized carbons (Fsp3) is 0.364. The Bertz CT molecular complexity index is 934. The number of nitrogens with one attached hydrogen (secondary N) is 1. The molecule has 1 atom stereocenters. The molecule has 0 bridgehead atoms. The molecule has 0 saturated carbocycles. The number of hydrogen-bond acceptors (Lipinski definition) is 5. The molecule has 0 saturated heterocycles. The number of nitrogens with zero attached hydrogens (tertiary/aromatic N) is 1. The topological polar surface area (TPSA) is 77.1 Å². The molecule has 160 valence electrons. The third-order valence-corrected chi connectivity index (χ3v) is 5.64. The summed E-state index contributed by atoms with van der Waals surface area (Å²) in [5, 5.41) is 2.91. The van der Waals surface area contributed by atoms with Gasteiger partial charge in [-0.15, -0.1) is 0 Å². The molecule has 1 N–H and O–H groups in total. The van der Waals surface area contributed by atoms with E-state index in [0.717, 1.165) is 10.0 Å². The smallest absolute Gasteiger partial charge is 0.267 e. The Morgan fingerprint density at radius 2 is 1.90 bits per heavy atom. The molecule has 0 radical (unpaired) electrons. The molecule has 1 aliphatic heterocycles. The molecule has 1 unspecified atom stereocenters. The zero-order valence-electron chi connectivity index (χ0n) is 17.2. The summed E-state index contributed by atoms with van der Waals surface area (Å²) in [6, 6.07) is 11.1. The Kier molecular flexibility index (Phi) is 7.20. The SMILES string of the molecule is COc1cc(Br)c(CCNC(=O)CCN2C(=O)C(C)Oc3ccccc32)cc1OC. The van der Waals surface area contributed by atoms with E-state index in [9.17, 15) is 9.59 Å². The Morgan fingerprint density at radius 1 is 1.20 bits per heavy atom. The molecule has 2 aromatic rings. The first-order valence-electron chi connectivity index (χ1n) is 9.68. The maximum Gasteiger partial charge on any atom is 0.267 e. The summed E-state index contributed by atoms with van der Waals surface area (Å²) in [6.45, 7) is 2.48. The summed E-state index contributed by atoms with van der Waals surface area (Å²) < 4.78 is 17.1. The molecule has 1 aliphatic rings. The minimum absolute atomic E-state index is 0.115. The molecule has 1 heterocycles. The molecule has 0 fully saturated rings. The van der Waals surface area contributed by atoms with Crippen LogP contribution in [0.3, 0.4) is 0 Å². The summed E-state index contributed by atoms with van der Waals surface area (Å²) in [7, 11) is 3.17. The predicted molar refractivity (Wildman–Crippen MR) is 117 cm³/mol. The van der Waals surface area contributed by atoms with Crippen LogP contribution in [0.4, 0.5) is 5.69 Å². The van der Waals surface area contributed by atoms with Crippen LogP contribution in [-0.2, 0) is 16.0 Å². The van der Waals surface area contributed by atoms with Crippen molar-refractivity contribution in [2.45, 2.75) is 25.9 Å². The minimum Gasteiger partial charge on any atom is -0.493 e. The lowest BCUT2D eigenvalue weighted by molar-refractivity contribution is -0.125. The first-order valence-corrected chi connectivity index (χ1v) is 10.5. The molecule has 30 heavy (non-hydrogen) atoms. The molecule has 3 rings (SSSR count). The van der Waals surface area contributed by atoms with E-state index in [0.29, 0.717) is 42.4 Å². The van der Waals surface area contributed by atoms with Gasteiger partial charge in [0.15, 0.2) is 17.6 Å². The number of halogens is 1. The van der Waals surface area contributed by atoms with Crippen molar-refractivity contribution >= 4 is 33.4 Å². The van der Waals surface area contributed by atoms with Gasteiger partial charge in [0.25, 0.3) is 5.91 Å². The average molecular weight is 477 g/mol. The highest BCUT2D eigenvalue weighted by Crippen LogP contribution is 2.34.